The van der Waals surface area contributed by atoms with Crippen molar-refractivity contribution in [2.75, 3.05) is 12.9 Å². The number of hydrogen-bond acceptors (Lipinski definition) is 5. The van der Waals surface area contributed by atoms with Crippen LogP contribution in [0, 0.1) is 23.2 Å². The van der Waals surface area contributed by atoms with Crippen LogP contribution in [-0.2, 0) is 4.79 Å². The first-order valence-corrected chi connectivity index (χ1v) is 12.0. The number of methoxy groups -OCH3 is 1. The highest BCUT2D eigenvalue weighted by Crippen LogP contribution is 2.61. The molecule has 1 N–H and O–H groups in total. The van der Waals surface area contributed by atoms with Gasteiger partial charge in [0.15, 0.2) is 5.16 Å². The Morgan fingerprint density at radius 1 is 1.20 bits per heavy atom. The number of amides is 1. The Balaban J connectivity index is 1.20. The first-order chi connectivity index (χ1) is 14.5. The molecule has 30 heavy (non-hydrogen) atoms. The summed E-state index contributed by atoms with van der Waals surface area (Å²) in [7, 11) is 1.65. The Labute approximate surface area is 182 Å². The molecule has 1 amide bonds. The van der Waals surface area contributed by atoms with Crippen molar-refractivity contribution in [1.82, 2.24) is 20.1 Å². The van der Waals surface area contributed by atoms with E-state index in [-0.39, 0.29) is 11.9 Å². The summed E-state index contributed by atoms with van der Waals surface area (Å²) in [4.78, 5) is 12.8. The molecule has 1 atom stereocenters. The highest BCUT2D eigenvalue weighted by atomic mass is 32.2. The van der Waals surface area contributed by atoms with Crippen LogP contribution in [0.5, 0.6) is 5.75 Å². The van der Waals surface area contributed by atoms with E-state index in [1.54, 1.807) is 13.4 Å². The number of benzene rings is 1. The minimum Gasteiger partial charge on any atom is -0.497 e. The molecule has 4 aliphatic rings. The highest BCUT2D eigenvalue weighted by Gasteiger charge is 2.53. The van der Waals surface area contributed by atoms with Crippen LogP contribution in [0.3, 0.4) is 0 Å². The molecule has 4 bridgehead atoms. The lowest BCUT2D eigenvalue weighted by Crippen LogP contribution is -2.56. The molecule has 0 unspecified atom stereocenters. The molecular formula is C23H30N4O2S. The molecule has 1 aromatic carbocycles. The van der Waals surface area contributed by atoms with E-state index in [0.29, 0.717) is 11.2 Å². The molecule has 4 aliphatic carbocycles. The van der Waals surface area contributed by atoms with Gasteiger partial charge in [-0.3, -0.25) is 9.36 Å². The molecule has 6 rings (SSSR count). The SMILES string of the molecule is COc1ccc(-n2cnnc2SCC(=O)N[C@H](C)C23CC4CC(CC(C4)C2)C3)cc1. The average molecular weight is 427 g/mol. The zero-order valence-electron chi connectivity index (χ0n) is 17.7. The third kappa shape index (κ3) is 3.72. The van der Waals surface area contributed by atoms with Gasteiger partial charge in [-0.2, -0.15) is 0 Å². The van der Waals surface area contributed by atoms with E-state index in [4.69, 9.17) is 4.74 Å². The minimum atomic E-state index is 0.0903. The van der Waals surface area contributed by atoms with Crippen LogP contribution in [0.25, 0.3) is 5.69 Å². The number of thioether (sulfide) groups is 1. The molecule has 0 saturated heterocycles. The summed E-state index contributed by atoms with van der Waals surface area (Å²) >= 11 is 1.43. The molecule has 4 fully saturated rings. The van der Waals surface area contributed by atoms with E-state index in [9.17, 15) is 4.79 Å². The Kier molecular flexibility index (Phi) is 5.25. The fraction of sp³-hybridized carbons (Fsp3) is 0.609. The van der Waals surface area contributed by atoms with Crippen molar-refractivity contribution in [3.05, 3.63) is 30.6 Å². The normalized spacial score (nSPS) is 30.3. The fourth-order valence-electron chi connectivity index (χ4n) is 6.52. The standard InChI is InChI=1S/C23H30N4O2S/c1-15(23-10-16-7-17(11-23)9-18(8-16)12-23)25-21(28)13-30-22-26-24-14-27(22)19-3-5-20(29-2)6-4-19/h3-6,14-18H,7-13H2,1-2H3,(H,25,28)/t15-,16?,17?,18?,23?/m1/s1. The van der Waals surface area contributed by atoms with E-state index in [1.165, 1.54) is 50.3 Å². The Hall–Kier alpha value is -2.02. The number of carbonyl (C=O) groups is 1. The van der Waals surface area contributed by atoms with Gasteiger partial charge in [0, 0.05) is 11.7 Å². The van der Waals surface area contributed by atoms with Crippen LogP contribution in [0.2, 0.25) is 0 Å². The fourth-order valence-corrected chi connectivity index (χ4v) is 7.26. The summed E-state index contributed by atoms with van der Waals surface area (Å²) in [5.74, 6) is 3.94. The molecule has 1 heterocycles. The summed E-state index contributed by atoms with van der Waals surface area (Å²) in [5.41, 5.74) is 1.28. The molecule has 0 aliphatic heterocycles. The van der Waals surface area contributed by atoms with Gasteiger partial charge < -0.3 is 10.1 Å². The third-order valence-corrected chi connectivity index (χ3v) is 8.52. The Bertz CT molecular complexity index is 875. The summed E-state index contributed by atoms with van der Waals surface area (Å²) in [6.07, 6.45) is 9.88. The van der Waals surface area contributed by atoms with Crippen molar-refractivity contribution < 1.29 is 9.53 Å². The maximum atomic E-state index is 12.8. The number of hydrogen-bond donors (Lipinski definition) is 1. The minimum absolute atomic E-state index is 0.0903. The van der Waals surface area contributed by atoms with Crippen molar-refractivity contribution in [2.45, 2.75) is 56.6 Å². The molecule has 1 aromatic heterocycles. The maximum Gasteiger partial charge on any atom is 0.230 e. The summed E-state index contributed by atoms with van der Waals surface area (Å²) in [5, 5.41) is 12.3. The number of nitrogens with zero attached hydrogens (tertiary/aromatic N) is 3. The molecule has 0 radical (unpaired) electrons. The topological polar surface area (TPSA) is 69.0 Å². The molecule has 4 saturated carbocycles. The second-order valence-electron chi connectivity index (χ2n) is 9.54. The predicted molar refractivity (Wildman–Crippen MR) is 117 cm³/mol. The van der Waals surface area contributed by atoms with Crippen LogP contribution in [0.4, 0.5) is 0 Å². The quantitative estimate of drug-likeness (QED) is 0.676. The van der Waals surface area contributed by atoms with Crippen LogP contribution >= 0.6 is 11.8 Å². The molecule has 7 heteroatoms. The van der Waals surface area contributed by atoms with Gasteiger partial charge in [0.25, 0.3) is 0 Å². The van der Waals surface area contributed by atoms with E-state index >= 15 is 0 Å². The van der Waals surface area contributed by atoms with Crippen molar-refractivity contribution in [3.63, 3.8) is 0 Å². The second kappa shape index (κ2) is 7.91. The monoisotopic (exact) mass is 426 g/mol. The first-order valence-electron chi connectivity index (χ1n) is 11.0. The average Bonchev–Trinajstić information content (AvgIpc) is 3.20. The maximum absolute atomic E-state index is 12.8. The largest absolute Gasteiger partial charge is 0.497 e. The zero-order chi connectivity index (χ0) is 20.7. The molecule has 160 valence electrons. The lowest BCUT2D eigenvalue weighted by molar-refractivity contribution is -0.123. The molecular weight excluding hydrogens is 396 g/mol. The lowest BCUT2D eigenvalue weighted by Gasteiger charge is -2.59. The van der Waals surface area contributed by atoms with E-state index in [0.717, 1.165) is 34.3 Å². The number of ether oxygens (including phenoxy) is 1. The van der Waals surface area contributed by atoms with Crippen molar-refractivity contribution in [1.29, 1.82) is 0 Å². The van der Waals surface area contributed by atoms with E-state index in [2.05, 4.69) is 22.4 Å². The van der Waals surface area contributed by atoms with Crippen LogP contribution in [0.1, 0.15) is 45.4 Å². The Morgan fingerprint density at radius 3 is 2.43 bits per heavy atom. The van der Waals surface area contributed by atoms with Gasteiger partial charge in [0.2, 0.25) is 5.91 Å². The van der Waals surface area contributed by atoms with Gasteiger partial charge >= 0.3 is 0 Å². The van der Waals surface area contributed by atoms with Gasteiger partial charge in [-0.25, -0.2) is 0 Å². The third-order valence-electron chi connectivity index (χ3n) is 7.58. The molecule has 0 spiro atoms. The number of aromatic nitrogens is 3. The predicted octanol–water partition coefficient (Wildman–Crippen LogP) is 4.09. The number of rotatable bonds is 7. The lowest BCUT2D eigenvalue weighted by atomic mass is 9.48. The molecule has 2 aromatic rings. The van der Waals surface area contributed by atoms with Crippen molar-refractivity contribution in [3.8, 4) is 11.4 Å². The second-order valence-corrected chi connectivity index (χ2v) is 10.5. The van der Waals surface area contributed by atoms with Crippen LogP contribution in [-0.4, -0.2) is 39.6 Å². The van der Waals surface area contributed by atoms with E-state index < -0.39 is 0 Å². The number of carbonyl (C=O) groups excluding carboxylic acids is 1. The smallest absolute Gasteiger partial charge is 0.230 e. The van der Waals surface area contributed by atoms with Crippen LogP contribution in [0.15, 0.2) is 35.7 Å². The van der Waals surface area contributed by atoms with E-state index in [1.807, 2.05) is 28.8 Å². The van der Waals surface area contributed by atoms with Gasteiger partial charge in [0.05, 0.1) is 12.9 Å². The van der Waals surface area contributed by atoms with Crippen LogP contribution < -0.4 is 10.1 Å². The van der Waals surface area contributed by atoms with Gasteiger partial charge in [0.1, 0.15) is 12.1 Å². The van der Waals surface area contributed by atoms with Crippen molar-refractivity contribution in [2.24, 2.45) is 23.2 Å². The summed E-state index contributed by atoms with van der Waals surface area (Å²) < 4.78 is 7.12. The van der Waals surface area contributed by atoms with Gasteiger partial charge in [-0.1, -0.05) is 11.8 Å². The summed E-state index contributed by atoms with van der Waals surface area (Å²) in [6.45, 7) is 2.23. The first kappa shape index (κ1) is 19.9. The van der Waals surface area contributed by atoms with Crippen molar-refractivity contribution >= 4 is 17.7 Å². The zero-order valence-corrected chi connectivity index (χ0v) is 18.5. The van der Waals surface area contributed by atoms with Gasteiger partial charge in [-0.15, -0.1) is 10.2 Å². The highest BCUT2D eigenvalue weighted by molar-refractivity contribution is 7.99. The molecule has 6 nitrogen and oxygen atoms in total. The Morgan fingerprint density at radius 2 is 1.83 bits per heavy atom. The summed E-state index contributed by atoms with van der Waals surface area (Å²) in [6, 6.07) is 7.98. The van der Waals surface area contributed by atoms with Gasteiger partial charge in [-0.05, 0) is 92.9 Å². The number of nitrogens with one attached hydrogen (secondary N) is 1.